The van der Waals surface area contributed by atoms with Crippen LogP contribution in [0.15, 0.2) is 48.8 Å². The van der Waals surface area contributed by atoms with E-state index in [1.807, 2.05) is 23.0 Å². The first kappa shape index (κ1) is 17.1. The molecule has 0 bridgehead atoms. The summed E-state index contributed by atoms with van der Waals surface area (Å²) >= 11 is 0. The van der Waals surface area contributed by atoms with Crippen molar-refractivity contribution in [3.8, 4) is 22.4 Å². The second-order valence-corrected chi connectivity index (χ2v) is 7.76. The van der Waals surface area contributed by atoms with Gasteiger partial charge in [0.2, 0.25) is 5.91 Å². The van der Waals surface area contributed by atoms with E-state index in [0.29, 0.717) is 11.7 Å². The number of nitrogens with zero attached hydrogens (tertiary/aromatic N) is 3. The number of carbonyl (C=O) groups is 1. The summed E-state index contributed by atoms with van der Waals surface area (Å²) in [5, 5.41) is 7.68. The monoisotopic (exact) mass is 376 g/mol. The van der Waals surface area contributed by atoms with E-state index in [1.165, 1.54) is 25.0 Å². The largest absolute Gasteiger partial charge is 0.310 e. The summed E-state index contributed by atoms with van der Waals surface area (Å²) in [7, 11) is 0. The van der Waals surface area contributed by atoms with Crippen molar-refractivity contribution >= 4 is 11.7 Å². The van der Waals surface area contributed by atoms with Crippen LogP contribution in [0.3, 0.4) is 0 Å². The van der Waals surface area contributed by atoms with Crippen LogP contribution in [0.5, 0.6) is 0 Å². The van der Waals surface area contributed by atoms with Gasteiger partial charge in [0.25, 0.3) is 0 Å². The van der Waals surface area contributed by atoms with Crippen molar-refractivity contribution in [1.82, 2.24) is 14.8 Å². The lowest BCUT2D eigenvalue weighted by molar-refractivity contribution is -0.117. The highest BCUT2D eigenvalue weighted by Crippen LogP contribution is 2.35. The molecule has 1 aromatic carbocycles. The Morgan fingerprint density at radius 1 is 1.11 bits per heavy atom. The van der Waals surface area contributed by atoms with E-state index in [-0.39, 0.29) is 17.6 Å². The molecule has 0 spiro atoms. The van der Waals surface area contributed by atoms with Crippen molar-refractivity contribution in [2.45, 2.75) is 32.2 Å². The van der Waals surface area contributed by atoms with Gasteiger partial charge in [-0.25, -0.2) is 9.37 Å². The molecule has 2 aliphatic carbocycles. The van der Waals surface area contributed by atoms with E-state index >= 15 is 0 Å². The van der Waals surface area contributed by atoms with Crippen LogP contribution in [0.4, 0.5) is 10.2 Å². The van der Waals surface area contributed by atoms with Crippen molar-refractivity contribution in [1.29, 1.82) is 0 Å². The number of hydrogen-bond acceptors (Lipinski definition) is 3. The maximum atomic E-state index is 13.4. The highest BCUT2D eigenvalue weighted by molar-refractivity contribution is 5.94. The van der Waals surface area contributed by atoms with Gasteiger partial charge in [0.05, 0.1) is 0 Å². The Morgan fingerprint density at radius 2 is 1.89 bits per heavy atom. The molecule has 0 atom stereocenters. The Bertz CT molecular complexity index is 1020. The van der Waals surface area contributed by atoms with E-state index in [2.05, 4.69) is 10.3 Å². The molecule has 3 aromatic rings. The minimum Gasteiger partial charge on any atom is -0.310 e. The van der Waals surface area contributed by atoms with Crippen LogP contribution >= 0.6 is 0 Å². The van der Waals surface area contributed by atoms with Crippen LogP contribution in [0.1, 0.15) is 25.7 Å². The number of carbonyl (C=O) groups excluding carboxylic acids is 1. The average molecular weight is 376 g/mol. The molecule has 2 saturated carbocycles. The van der Waals surface area contributed by atoms with Crippen molar-refractivity contribution in [3.05, 3.63) is 54.6 Å². The fraction of sp³-hybridized carbons (Fsp3) is 0.318. The number of halogens is 1. The Balaban J connectivity index is 1.51. The molecule has 2 aromatic heterocycles. The molecule has 6 heteroatoms. The molecule has 0 aliphatic heterocycles. The van der Waals surface area contributed by atoms with Crippen molar-refractivity contribution in [2.75, 3.05) is 5.32 Å². The first-order chi connectivity index (χ1) is 13.7. The standard InChI is InChI=1S/C22H21FN4O/c23-18-7-5-15(6-8-18)21-19(13-27(26-21)12-14-1-2-14)17-9-10-24-20(11-17)25-22(28)16-3-4-16/h5-11,13-14,16H,1-4,12H2,(H,24,25,28). The van der Waals surface area contributed by atoms with E-state index in [0.717, 1.165) is 41.8 Å². The number of hydrogen-bond donors (Lipinski definition) is 1. The lowest BCUT2D eigenvalue weighted by Gasteiger charge is -2.07. The van der Waals surface area contributed by atoms with Gasteiger partial charge in [-0.3, -0.25) is 9.48 Å². The quantitative estimate of drug-likeness (QED) is 0.689. The zero-order valence-corrected chi connectivity index (χ0v) is 15.4. The molecule has 1 amide bonds. The second kappa shape index (κ2) is 6.86. The van der Waals surface area contributed by atoms with Gasteiger partial charge in [-0.05, 0) is 73.6 Å². The predicted octanol–water partition coefficient (Wildman–Crippen LogP) is 4.51. The second-order valence-electron chi connectivity index (χ2n) is 7.76. The number of pyridine rings is 1. The molecular weight excluding hydrogens is 355 g/mol. The molecule has 2 fully saturated rings. The predicted molar refractivity (Wildman–Crippen MR) is 105 cm³/mol. The fourth-order valence-electron chi connectivity index (χ4n) is 3.35. The zero-order valence-electron chi connectivity index (χ0n) is 15.4. The molecule has 5 nitrogen and oxygen atoms in total. The maximum absolute atomic E-state index is 13.4. The Labute approximate surface area is 162 Å². The van der Waals surface area contributed by atoms with E-state index in [1.54, 1.807) is 18.3 Å². The van der Waals surface area contributed by atoms with Gasteiger partial charge in [0.15, 0.2) is 0 Å². The van der Waals surface area contributed by atoms with Gasteiger partial charge >= 0.3 is 0 Å². The maximum Gasteiger partial charge on any atom is 0.228 e. The minimum atomic E-state index is -0.267. The van der Waals surface area contributed by atoms with Gasteiger partial charge in [0.1, 0.15) is 17.3 Å². The summed E-state index contributed by atoms with van der Waals surface area (Å²) in [4.78, 5) is 16.4. The van der Waals surface area contributed by atoms with Crippen LogP contribution in [0.25, 0.3) is 22.4 Å². The molecule has 28 heavy (non-hydrogen) atoms. The van der Waals surface area contributed by atoms with Crippen LogP contribution in [-0.4, -0.2) is 20.7 Å². The SMILES string of the molecule is O=C(Nc1cc(-c2cn(CC3CC3)nc2-c2ccc(F)cc2)ccn1)C1CC1. The average Bonchev–Trinajstić information content (AvgIpc) is 3.61. The summed E-state index contributed by atoms with van der Waals surface area (Å²) in [6.45, 7) is 0.893. The normalized spacial score (nSPS) is 16.2. The molecule has 0 radical (unpaired) electrons. The zero-order chi connectivity index (χ0) is 19.1. The molecule has 5 rings (SSSR count). The van der Waals surface area contributed by atoms with E-state index < -0.39 is 0 Å². The summed E-state index contributed by atoms with van der Waals surface area (Å²) in [6.07, 6.45) is 8.13. The number of rotatable bonds is 6. The van der Waals surface area contributed by atoms with Gasteiger partial charge in [0, 0.05) is 36.0 Å². The molecular formula is C22H21FN4O. The Morgan fingerprint density at radius 3 is 2.61 bits per heavy atom. The lowest BCUT2D eigenvalue weighted by Crippen LogP contribution is -2.14. The Hall–Kier alpha value is -3.02. The summed E-state index contributed by atoms with van der Waals surface area (Å²) in [5.41, 5.74) is 3.57. The van der Waals surface area contributed by atoms with Crippen molar-refractivity contribution < 1.29 is 9.18 Å². The molecule has 142 valence electrons. The number of amides is 1. The third kappa shape index (κ3) is 3.67. The molecule has 0 unspecified atom stereocenters. The third-order valence-electron chi connectivity index (χ3n) is 5.29. The highest BCUT2D eigenvalue weighted by Gasteiger charge is 2.30. The van der Waals surface area contributed by atoms with Gasteiger partial charge < -0.3 is 5.32 Å². The highest BCUT2D eigenvalue weighted by atomic mass is 19.1. The lowest BCUT2D eigenvalue weighted by atomic mass is 10.0. The number of nitrogens with one attached hydrogen (secondary N) is 1. The number of aromatic nitrogens is 3. The van der Waals surface area contributed by atoms with Gasteiger partial charge in [-0.15, -0.1) is 0 Å². The summed E-state index contributed by atoms with van der Waals surface area (Å²) in [5.74, 6) is 1.14. The van der Waals surface area contributed by atoms with Gasteiger partial charge in [-0.1, -0.05) is 0 Å². The van der Waals surface area contributed by atoms with Crippen LogP contribution in [0.2, 0.25) is 0 Å². The van der Waals surface area contributed by atoms with E-state index in [4.69, 9.17) is 5.10 Å². The smallest absolute Gasteiger partial charge is 0.228 e. The van der Waals surface area contributed by atoms with Crippen LogP contribution in [-0.2, 0) is 11.3 Å². The van der Waals surface area contributed by atoms with Crippen LogP contribution in [0, 0.1) is 17.7 Å². The topological polar surface area (TPSA) is 59.8 Å². The minimum absolute atomic E-state index is 0.0350. The fourth-order valence-corrected chi connectivity index (χ4v) is 3.35. The number of anilines is 1. The first-order valence-electron chi connectivity index (χ1n) is 9.76. The Kier molecular flexibility index (Phi) is 4.19. The molecule has 0 saturated heterocycles. The van der Waals surface area contributed by atoms with Crippen molar-refractivity contribution in [2.24, 2.45) is 11.8 Å². The van der Waals surface area contributed by atoms with Gasteiger partial charge in [-0.2, -0.15) is 5.10 Å². The molecule has 2 aliphatic rings. The molecule has 2 heterocycles. The summed E-state index contributed by atoms with van der Waals surface area (Å²) < 4.78 is 15.4. The van der Waals surface area contributed by atoms with Crippen LogP contribution < -0.4 is 5.32 Å². The summed E-state index contributed by atoms with van der Waals surface area (Å²) in [6, 6.07) is 10.2. The first-order valence-corrected chi connectivity index (χ1v) is 9.76. The third-order valence-corrected chi connectivity index (χ3v) is 5.29. The van der Waals surface area contributed by atoms with Crippen molar-refractivity contribution in [3.63, 3.8) is 0 Å². The molecule has 1 N–H and O–H groups in total. The van der Waals surface area contributed by atoms with E-state index in [9.17, 15) is 9.18 Å². The number of benzene rings is 1.